The molecule has 0 radical (unpaired) electrons. The molecule has 0 aliphatic rings. The lowest BCUT2D eigenvalue weighted by Crippen LogP contribution is -2.12. The number of carbonyl (C=O) groups is 2. The van der Waals surface area contributed by atoms with Crippen LogP contribution in [0.5, 0.6) is 0 Å². The smallest absolute Gasteiger partial charge is 0.371 e. The van der Waals surface area contributed by atoms with E-state index in [0.29, 0.717) is 36.8 Å². The first kappa shape index (κ1) is 33.5. The number of benzene rings is 2. The van der Waals surface area contributed by atoms with E-state index in [2.05, 4.69) is 24.1 Å². The molecule has 0 aliphatic carbocycles. The van der Waals surface area contributed by atoms with Crippen LogP contribution in [-0.2, 0) is 19.0 Å². The second-order valence-corrected chi connectivity index (χ2v) is 11.4. The topological polar surface area (TPSA) is 107 Å². The van der Waals surface area contributed by atoms with Crippen molar-refractivity contribution in [3.8, 4) is 11.3 Å². The van der Waals surface area contributed by atoms with Crippen LogP contribution in [-0.4, -0.2) is 49.4 Å². The molecule has 1 heterocycles. The number of aromatic nitrogens is 1. The van der Waals surface area contributed by atoms with Crippen molar-refractivity contribution in [2.75, 3.05) is 32.8 Å². The van der Waals surface area contributed by atoms with E-state index in [1.807, 2.05) is 0 Å². The molecular formula is C30H33Cl2FN2O6S. The minimum absolute atomic E-state index is 0.0517. The largest absolute Gasteiger partial charge is 0.490 e. The van der Waals surface area contributed by atoms with Gasteiger partial charge in [0.2, 0.25) is 5.76 Å². The van der Waals surface area contributed by atoms with Gasteiger partial charge in [0.25, 0.3) is 5.91 Å². The van der Waals surface area contributed by atoms with Crippen LogP contribution in [0.3, 0.4) is 0 Å². The number of halogens is 3. The molecule has 0 saturated heterocycles. The molecule has 226 valence electrons. The zero-order valence-corrected chi connectivity index (χ0v) is 26.0. The normalized spacial score (nSPS) is 12.4. The maximum Gasteiger partial charge on any atom is 0.371 e. The quantitative estimate of drug-likeness (QED) is 0.0983. The summed E-state index contributed by atoms with van der Waals surface area (Å²) in [6.45, 7) is 5.45. The molecule has 8 nitrogen and oxygen atoms in total. The maximum absolute atomic E-state index is 15.6. The van der Waals surface area contributed by atoms with Crippen molar-refractivity contribution in [2.24, 2.45) is 5.92 Å². The molecule has 12 heteroatoms. The van der Waals surface area contributed by atoms with Gasteiger partial charge in [0, 0.05) is 54.4 Å². The number of aliphatic carboxylic acids is 1. The van der Waals surface area contributed by atoms with E-state index in [1.54, 1.807) is 23.6 Å². The molecule has 0 bridgehead atoms. The SMILES string of the molecule is COC(=Cc1c(Cl)cc(C(=O)Nc2nc(-c3cccc(C(CCOCCCC(C)C)OC)c3F)cs2)cc1Cl)C(=O)O. The molecule has 0 spiro atoms. The van der Waals surface area contributed by atoms with Crippen LogP contribution in [0, 0.1) is 11.7 Å². The number of amides is 1. The summed E-state index contributed by atoms with van der Waals surface area (Å²) in [5.41, 5.74) is 1.34. The third-order valence-corrected chi connectivity index (χ3v) is 7.69. The first-order chi connectivity index (χ1) is 20.0. The highest BCUT2D eigenvalue weighted by Crippen LogP contribution is 2.33. The van der Waals surface area contributed by atoms with Crippen LogP contribution in [0.15, 0.2) is 41.5 Å². The van der Waals surface area contributed by atoms with Crippen molar-refractivity contribution in [1.29, 1.82) is 0 Å². The zero-order valence-electron chi connectivity index (χ0n) is 23.7. The van der Waals surface area contributed by atoms with Crippen molar-refractivity contribution in [3.63, 3.8) is 0 Å². The lowest BCUT2D eigenvalue weighted by atomic mass is 10.0. The van der Waals surface area contributed by atoms with Crippen molar-refractivity contribution in [1.82, 2.24) is 4.98 Å². The number of carbonyl (C=O) groups excluding carboxylic acids is 1. The maximum atomic E-state index is 15.6. The van der Waals surface area contributed by atoms with Crippen molar-refractivity contribution >= 4 is 57.6 Å². The third kappa shape index (κ3) is 8.99. The van der Waals surface area contributed by atoms with Gasteiger partial charge in [-0.15, -0.1) is 11.3 Å². The average molecular weight is 640 g/mol. The Morgan fingerprint density at radius 2 is 1.86 bits per heavy atom. The number of carboxylic acid groups (broad SMARTS) is 1. The van der Waals surface area contributed by atoms with Crippen LogP contribution in [0.25, 0.3) is 17.3 Å². The van der Waals surface area contributed by atoms with Crippen LogP contribution >= 0.6 is 34.5 Å². The predicted molar refractivity (Wildman–Crippen MR) is 164 cm³/mol. The second kappa shape index (κ2) is 16.0. The van der Waals surface area contributed by atoms with Gasteiger partial charge >= 0.3 is 5.97 Å². The molecule has 1 atom stereocenters. The summed E-state index contributed by atoms with van der Waals surface area (Å²) in [7, 11) is 2.74. The van der Waals surface area contributed by atoms with Gasteiger partial charge in [-0.05, 0) is 43.0 Å². The number of thiazole rings is 1. The first-order valence-electron chi connectivity index (χ1n) is 13.2. The Morgan fingerprint density at radius 1 is 1.14 bits per heavy atom. The first-order valence-corrected chi connectivity index (χ1v) is 14.8. The summed E-state index contributed by atoms with van der Waals surface area (Å²) in [6.07, 6.45) is 3.25. The number of ether oxygens (including phenoxy) is 3. The highest BCUT2D eigenvalue weighted by molar-refractivity contribution is 7.14. The molecule has 2 aromatic carbocycles. The summed E-state index contributed by atoms with van der Waals surface area (Å²) < 4.78 is 31.7. The van der Waals surface area contributed by atoms with E-state index in [0.717, 1.165) is 24.2 Å². The van der Waals surface area contributed by atoms with Gasteiger partial charge in [-0.3, -0.25) is 10.1 Å². The molecule has 2 N–H and O–H groups in total. The van der Waals surface area contributed by atoms with E-state index in [9.17, 15) is 9.59 Å². The third-order valence-electron chi connectivity index (χ3n) is 6.30. The summed E-state index contributed by atoms with van der Waals surface area (Å²) in [6, 6.07) is 7.73. The molecule has 3 aromatic rings. The van der Waals surface area contributed by atoms with Crippen LogP contribution < -0.4 is 5.32 Å². The highest BCUT2D eigenvalue weighted by atomic mass is 35.5. The van der Waals surface area contributed by atoms with Gasteiger partial charge in [-0.2, -0.15) is 0 Å². The van der Waals surface area contributed by atoms with E-state index in [4.69, 9.17) is 42.5 Å². The number of anilines is 1. The van der Waals surface area contributed by atoms with Crippen LogP contribution in [0.4, 0.5) is 9.52 Å². The van der Waals surface area contributed by atoms with Crippen LogP contribution in [0.2, 0.25) is 10.0 Å². The number of nitrogens with one attached hydrogen (secondary N) is 1. The fourth-order valence-electron chi connectivity index (χ4n) is 4.10. The Morgan fingerprint density at radius 3 is 2.48 bits per heavy atom. The summed E-state index contributed by atoms with van der Waals surface area (Å²) >= 11 is 13.7. The van der Waals surface area contributed by atoms with Gasteiger partial charge in [0.05, 0.1) is 29.0 Å². The van der Waals surface area contributed by atoms with Crippen molar-refractivity contribution in [2.45, 2.75) is 39.2 Å². The molecule has 1 amide bonds. The minimum Gasteiger partial charge on any atom is -0.490 e. The Labute approximate surface area is 258 Å². The van der Waals surface area contributed by atoms with Crippen molar-refractivity contribution < 1.29 is 33.3 Å². The Kier molecular flexibility index (Phi) is 12.8. The van der Waals surface area contributed by atoms with E-state index < -0.39 is 23.8 Å². The summed E-state index contributed by atoms with van der Waals surface area (Å²) in [4.78, 5) is 28.5. The van der Waals surface area contributed by atoms with E-state index in [-0.39, 0.29) is 37.6 Å². The van der Waals surface area contributed by atoms with E-state index in [1.165, 1.54) is 32.4 Å². The van der Waals surface area contributed by atoms with Gasteiger partial charge < -0.3 is 19.3 Å². The average Bonchev–Trinajstić information content (AvgIpc) is 3.40. The second-order valence-electron chi connectivity index (χ2n) is 9.73. The fraction of sp³-hybridized carbons (Fsp3) is 0.367. The Balaban J connectivity index is 1.71. The molecule has 3 rings (SSSR count). The molecule has 1 aromatic heterocycles. The summed E-state index contributed by atoms with van der Waals surface area (Å²) in [5.74, 6) is -2.05. The fourth-order valence-corrected chi connectivity index (χ4v) is 5.40. The molecule has 0 aliphatic heterocycles. The number of methoxy groups -OCH3 is 2. The molecule has 1 unspecified atom stereocenters. The molecule has 42 heavy (non-hydrogen) atoms. The van der Waals surface area contributed by atoms with Crippen LogP contribution in [0.1, 0.15) is 60.7 Å². The van der Waals surface area contributed by atoms with Gasteiger partial charge in [0.1, 0.15) is 5.82 Å². The standard InChI is InChI=1S/C30H33Cl2FN2O6S/c1-17(2)7-6-11-41-12-10-25(39-3)20-9-5-8-19(27(20)33)24-16-42-30(34-24)35-28(36)18-13-22(31)21(23(32)14-18)15-26(40-4)29(37)38/h5,8-9,13-17,25H,6-7,10-12H2,1-4H3,(H,37,38)(H,34,35,36). The predicted octanol–water partition coefficient (Wildman–Crippen LogP) is 8.11. The lowest BCUT2D eigenvalue weighted by molar-refractivity contribution is -0.135. The monoisotopic (exact) mass is 638 g/mol. The number of rotatable bonds is 15. The molecule has 0 saturated carbocycles. The lowest BCUT2D eigenvalue weighted by Gasteiger charge is -2.18. The zero-order chi connectivity index (χ0) is 30.8. The van der Waals surface area contributed by atoms with Gasteiger partial charge in [-0.1, -0.05) is 49.2 Å². The summed E-state index contributed by atoms with van der Waals surface area (Å²) in [5, 5.41) is 13.8. The number of hydrogen-bond acceptors (Lipinski definition) is 7. The number of hydrogen-bond donors (Lipinski definition) is 2. The molecular weight excluding hydrogens is 606 g/mol. The van der Waals surface area contributed by atoms with Gasteiger partial charge in [0.15, 0.2) is 5.13 Å². The van der Waals surface area contributed by atoms with Gasteiger partial charge in [-0.25, -0.2) is 14.2 Å². The Bertz CT molecular complexity index is 1410. The Hall–Kier alpha value is -3.02. The molecule has 0 fully saturated rings. The van der Waals surface area contributed by atoms with E-state index >= 15 is 4.39 Å². The number of carboxylic acids is 1. The highest BCUT2D eigenvalue weighted by Gasteiger charge is 2.21. The minimum atomic E-state index is -1.30. The van der Waals surface area contributed by atoms with Crippen molar-refractivity contribution in [3.05, 3.63) is 74.0 Å². The number of nitrogens with zero attached hydrogens (tertiary/aromatic N) is 1.